The van der Waals surface area contributed by atoms with Crippen molar-refractivity contribution in [2.24, 2.45) is 0 Å². The van der Waals surface area contributed by atoms with Crippen LogP contribution >= 0.6 is 23.2 Å². The molecule has 3 heterocycles. The average Bonchev–Trinajstić information content (AvgIpc) is 3.03. The van der Waals surface area contributed by atoms with Gasteiger partial charge in [-0.1, -0.05) is 23.2 Å². The van der Waals surface area contributed by atoms with Crippen molar-refractivity contribution in [3.63, 3.8) is 0 Å². The van der Waals surface area contributed by atoms with Gasteiger partial charge in [0.05, 0.1) is 12.6 Å². The monoisotopic (exact) mass is 413 g/mol. The van der Waals surface area contributed by atoms with Gasteiger partial charge in [-0.3, -0.25) is 4.79 Å². The van der Waals surface area contributed by atoms with Crippen molar-refractivity contribution in [3.8, 4) is 11.6 Å². The van der Waals surface area contributed by atoms with Gasteiger partial charge >= 0.3 is 0 Å². The first kappa shape index (κ1) is 18.7. The van der Waals surface area contributed by atoms with E-state index in [9.17, 15) is 4.79 Å². The molecule has 1 aliphatic rings. The van der Waals surface area contributed by atoms with Crippen LogP contribution in [0.2, 0.25) is 10.2 Å². The number of hydrogen-bond acceptors (Lipinski definition) is 4. The molecule has 1 unspecified atom stereocenters. The Hall–Kier alpha value is -2.63. The van der Waals surface area contributed by atoms with Gasteiger partial charge in [0.25, 0.3) is 5.91 Å². The minimum Gasteiger partial charge on any atom is -0.439 e. The Morgan fingerprint density at radius 3 is 2.57 bits per heavy atom. The van der Waals surface area contributed by atoms with Gasteiger partial charge in [0.15, 0.2) is 0 Å². The van der Waals surface area contributed by atoms with Gasteiger partial charge in [0.2, 0.25) is 5.88 Å². The van der Waals surface area contributed by atoms with Crippen LogP contribution in [-0.2, 0) is 6.54 Å². The van der Waals surface area contributed by atoms with E-state index in [2.05, 4.69) is 9.97 Å². The maximum absolute atomic E-state index is 12.8. The lowest BCUT2D eigenvalue weighted by atomic mass is 10.1. The van der Waals surface area contributed by atoms with Gasteiger partial charge in [-0.05, 0) is 55.8 Å². The van der Waals surface area contributed by atoms with Crippen LogP contribution in [0.1, 0.15) is 40.0 Å². The zero-order valence-corrected chi connectivity index (χ0v) is 16.8. The van der Waals surface area contributed by atoms with E-state index < -0.39 is 0 Å². The molecule has 28 heavy (non-hydrogen) atoms. The minimum absolute atomic E-state index is 0.0501. The van der Waals surface area contributed by atoms with Crippen LogP contribution in [0, 0.1) is 6.92 Å². The number of aromatic nitrogens is 2. The van der Waals surface area contributed by atoms with E-state index in [1.54, 1.807) is 47.6 Å². The Balaban J connectivity index is 1.55. The van der Waals surface area contributed by atoms with Crippen LogP contribution < -0.4 is 4.74 Å². The van der Waals surface area contributed by atoms with E-state index in [0.29, 0.717) is 33.9 Å². The van der Waals surface area contributed by atoms with Crippen molar-refractivity contribution in [1.82, 2.24) is 14.9 Å². The topological polar surface area (TPSA) is 55.3 Å². The molecule has 1 amide bonds. The lowest BCUT2D eigenvalue weighted by Crippen LogP contribution is -2.27. The molecule has 0 fully saturated rings. The molecule has 4 rings (SSSR count). The fraction of sp³-hybridized carbons (Fsp3) is 0.190. The van der Waals surface area contributed by atoms with Crippen molar-refractivity contribution in [2.45, 2.75) is 26.4 Å². The number of hydrogen-bond donors (Lipinski definition) is 0. The summed E-state index contributed by atoms with van der Waals surface area (Å²) in [5.74, 6) is 1.13. The van der Waals surface area contributed by atoms with Crippen LogP contribution in [0.3, 0.4) is 0 Å². The fourth-order valence-electron chi connectivity index (χ4n) is 3.24. The summed E-state index contributed by atoms with van der Waals surface area (Å²) in [7, 11) is 0. The molecule has 0 bridgehead atoms. The van der Waals surface area contributed by atoms with E-state index in [0.717, 1.165) is 16.7 Å². The molecule has 142 valence electrons. The van der Waals surface area contributed by atoms with E-state index in [1.807, 2.05) is 19.9 Å². The van der Waals surface area contributed by atoms with Crippen molar-refractivity contribution < 1.29 is 9.53 Å². The number of benzene rings is 1. The second-order valence-electron chi connectivity index (χ2n) is 6.68. The summed E-state index contributed by atoms with van der Waals surface area (Å²) in [4.78, 5) is 23.1. The predicted molar refractivity (Wildman–Crippen MR) is 108 cm³/mol. The van der Waals surface area contributed by atoms with Crippen LogP contribution in [0.4, 0.5) is 0 Å². The zero-order chi connectivity index (χ0) is 19.8. The highest BCUT2D eigenvalue weighted by Crippen LogP contribution is 2.34. The summed E-state index contributed by atoms with van der Waals surface area (Å²) in [6, 6.07) is 10.6. The zero-order valence-electron chi connectivity index (χ0n) is 15.3. The summed E-state index contributed by atoms with van der Waals surface area (Å²) < 4.78 is 5.84. The van der Waals surface area contributed by atoms with Gasteiger partial charge < -0.3 is 9.64 Å². The summed E-state index contributed by atoms with van der Waals surface area (Å²) in [6.45, 7) is 4.33. The first-order chi connectivity index (χ1) is 13.4. The summed E-state index contributed by atoms with van der Waals surface area (Å²) in [5, 5.41) is 1.02. The standard InChI is InChI=1S/C21H17Cl2N3O2/c1-12-9-14(10-25-20(12)28-16-5-3-15(22)4-6-16)13(2)26-11-18-17(21(26)27)7-8-24-19(18)23/h3-10,13H,11H2,1-2H3. The molecule has 3 aromatic rings. The smallest absolute Gasteiger partial charge is 0.255 e. The van der Waals surface area contributed by atoms with Crippen molar-refractivity contribution >= 4 is 29.1 Å². The van der Waals surface area contributed by atoms with Gasteiger partial charge in [0.1, 0.15) is 10.9 Å². The number of nitrogens with zero attached hydrogens (tertiary/aromatic N) is 3. The fourth-order valence-corrected chi connectivity index (χ4v) is 3.58. The van der Waals surface area contributed by atoms with E-state index >= 15 is 0 Å². The third-order valence-corrected chi connectivity index (χ3v) is 5.43. The van der Waals surface area contributed by atoms with E-state index in [1.165, 1.54) is 0 Å². The number of ether oxygens (including phenoxy) is 1. The molecule has 1 aliphatic heterocycles. The van der Waals surface area contributed by atoms with Crippen LogP contribution in [0.25, 0.3) is 0 Å². The number of halogens is 2. The number of amides is 1. The summed E-state index contributed by atoms with van der Waals surface area (Å²) in [6.07, 6.45) is 3.29. The second-order valence-corrected chi connectivity index (χ2v) is 7.48. The molecule has 1 aromatic carbocycles. The first-order valence-electron chi connectivity index (χ1n) is 8.78. The van der Waals surface area contributed by atoms with Gasteiger partial charge in [0, 0.05) is 34.1 Å². The lowest BCUT2D eigenvalue weighted by Gasteiger charge is -2.25. The molecule has 7 heteroatoms. The quantitative estimate of drug-likeness (QED) is 0.522. The van der Waals surface area contributed by atoms with Gasteiger partial charge in [-0.15, -0.1) is 0 Å². The van der Waals surface area contributed by atoms with Gasteiger partial charge in [-0.25, -0.2) is 9.97 Å². The highest BCUT2D eigenvalue weighted by atomic mass is 35.5. The third-order valence-electron chi connectivity index (χ3n) is 4.85. The summed E-state index contributed by atoms with van der Waals surface area (Å²) >= 11 is 12.1. The molecule has 0 radical (unpaired) electrons. The molecule has 5 nitrogen and oxygen atoms in total. The maximum atomic E-state index is 12.8. The average molecular weight is 414 g/mol. The predicted octanol–water partition coefficient (Wildman–Crippen LogP) is 5.60. The molecule has 0 saturated carbocycles. The summed E-state index contributed by atoms with van der Waals surface area (Å²) in [5.41, 5.74) is 3.18. The van der Waals surface area contributed by atoms with E-state index in [-0.39, 0.29) is 11.9 Å². The number of carbonyl (C=O) groups excluding carboxylic acids is 1. The Morgan fingerprint density at radius 1 is 1.14 bits per heavy atom. The number of aryl methyl sites for hydroxylation is 1. The molecule has 0 aliphatic carbocycles. The molecular formula is C21H17Cl2N3O2. The van der Waals surface area contributed by atoms with Crippen molar-refractivity contribution in [1.29, 1.82) is 0 Å². The number of fused-ring (bicyclic) bond motifs is 1. The largest absolute Gasteiger partial charge is 0.439 e. The lowest BCUT2D eigenvalue weighted by molar-refractivity contribution is 0.0715. The molecular weight excluding hydrogens is 397 g/mol. The molecule has 0 spiro atoms. The molecule has 0 saturated heterocycles. The van der Waals surface area contributed by atoms with Crippen LogP contribution in [0.15, 0.2) is 48.8 Å². The minimum atomic E-state index is -0.160. The van der Waals surface area contributed by atoms with Crippen molar-refractivity contribution in [2.75, 3.05) is 0 Å². The third kappa shape index (κ3) is 3.43. The first-order valence-corrected chi connectivity index (χ1v) is 9.54. The van der Waals surface area contributed by atoms with Gasteiger partial charge in [-0.2, -0.15) is 0 Å². The number of carbonyl (C=O) groups is 1. The highest BCUT2D eigenvalue weighted by Gasteiger charge is 2.33. The SMILES string of the molecule is Cc1cc(C(C)N2Cc3c(ccnc3Cl)C2=O)cnc1Oc1ccc(Cl)cc1. The normalized spacial score (nSPS) is 14.1. The number of pyridine rings is 2. The Bertz CT molecular complexity index is 1050. The Morgan fingerprint density at radius 2 is 1.89 bits per heavy atom. The van der Waals surface area contributed by atoms with Crippen molar-refractivity contribution in [3.05, 3.63) is 81.2 Å². The molecule has 1 atom stereocenters. The molecule has 2 aromatic heterocycles. The number of rotatable bonds is 4. The van der Waals surface area contributed by atoms with Crippen LogP contribution in [-0.4, -0.2) is 20.8 Å². The second kappa shape index (κ2) is 7.41. The van der Waals surface area contributed by atoms with E-state index in [4.69, 9.17) is 27.9 Å². The maximum Gasteiger partial charge on any atom is 0.255 e. The van der Waals surface area contributed by atoms with Crippen LogP contribution in [0.5, 0.6) is 11.6 Å². The molecule has 0 N–H and O–H groups in total. The Kier molecular flexibility index (Phi) is 4.96. The highest BCUT2D eigenvalue weighted by molar-refractivity contribution is 6.31. The Labute approximate surface area is 172 Å².